The fourth-order valence-corrected chi connectivity index (χ4v) is 3.19. The molecule has 0 atom stereocenters. The number of hydrogen-bond donors (Lipinski definition) is 2. The van der Waals surface area contributed by atoms with E-state index in [1.54, 1.807) is 49.5 Å². The number of hydrogen-bond acceptors (Lipinski definition) is 3. The Morgan fingerprint density at radius 3 is 2.16 bits per heavy atom. The van der Waals surface area contributed by atoms with Gasteiger partial charge in [-0.1, -0.05) is 35.9 Å². The van der Waals surface area contributed by atoms with Gasteiger partial charge in [0.1, 0.15) is 4.90 Å². The van der Waals surface area contributed by atoms with E-state index in [0.29, 0.717) is 16.4 Å². The summed E-state index contributed by atoms with van der Waals surface area (Å²) in [6.07, 6.45) is 0. The van der Waals surface area contributed by atoms with Crippen molar-refractivity contribution in [1.82, 2.24) is 0 Å². The molecule has 2 aromatic rings. The molecule has 0 aliphatic heterocycles. The molecule has 0 aromatic heterocycles. The minimum Gasteiger partial charge on any atom is -0.387 e. The maximum absolute atomic E-state index is 12.3. The van der Waals surface area contributed by atoms with Crippen molar-refractivity contribution in [3.63, 3.8) is 0 Å². The van der Waals surface area contributed by atoms with E-state index in [0.717, 1.165) is 0 Å². The highest BCUT2D eigenvalue weighted by molar-refractivity contribution is 7.92. The van der Waals surface area contributed by atoms with Gasteiger partial charge in [0, 0.05) is 7.05 Å². The first-order valence-corrected chi connectivity index (χ1v) is 7.45. The molecule has 0 aliphatic rings. The van der Waals surface area contributed by atoms with Gasteiger partial charge in [0.15, 0.2) is 0 Å². The molecule has 2 rings (SSSR count). The molecule has 0 radical (unpaired) electrons. The number of nitrogens with one attached hydrogen (secondary N) is 2. The monoisotopic (exact) mass is 296 g/mol. The van der Waals surface area contributed by atoms with Gasteiger partial charge >= 0.3 is 0 Å². The second-order valence-electron chi connectivity index (χ2n) is 3.83. The van der Waals surface area contributed by atoms with Crippen molar-refractivity contribution in [3.8, 4) is 0 Å². The zero-order valence-electron chi connectivity index (χ0n) is 10.2. The lowest BCUT2D eigenvalue weighted by atomic mass is 10.3. The molecule has 0 saturated carbocycles. The third-order valence-corrected chi connectivity index (χ3v) is 4.32. The lowest BCUT2D eigenvalue weighted by molar-refractivity contribution is 0.601. The molecule has 4 nitrogen and oxygen atoms in total. The molecule has 0 saturated heterocycles. The first-order valence-electron chi connectivity index (χ1n) is 5.59. The predicted molar refractivity (Wildman–Crippen MR) is 78.2 cm³/mol. The third-order valence-electron chi connectivity index (χ3n) is 2.56. The van der Waals surface area contributed by atoms with E-state index in [1.165, 1.54) is 6.07 Å². The van der Waals surface area contributed by atoms with Crippen LogP contribution in [0.2, 0.25) is 5.02 Å². The summed E-state index contributed by atoms with van der Waals surface area (Å²) in [6.45, 7) is 0. The maximum atomic E-state index is 12.3. The molecule has 0 unspecified atom stereocenters. The molecular weight excluding hydrogens is 284 g/mol. The van der Waals surface area contributed by atoms with Crippen molar-refractivity contribution in [2.75, 3.05) is 17.1 Å². The molecule has 0 fully saturated rings. The van der Waals surface area contributed by atoms with Crippen LogP contribution in [0.3, 0.4) is 0 Å². The lowest BCUT2D eigenvalue weighted by Crippen LogP contribution is -2.14. The van der Waals surface area contributed by atoms with E-state index in [4.69, 9.17) is 11.6 Å². The van der Waals surface area contributed by atoms with Gasteiger partial charge in [-0.05, 0) is 24.3 Å². The van der Waals surface area contributed by atoms with Crippen LogP contribution in [0.1, 0.15) is 0 Å². The summed E-state index contributed by atoms with van der Waals surface area (Å²) in [7, 11) is -2.01. The average molecular weight is 297 g/mol. The Bertz CT molecular complexity index is 687. The average Bonchev–Trinajstić information content (AvgIpc) is 2.41. The van der Waals surface area contributed by atoms with Crippen molar-refractivity contribution < 1.29 is 8.42 Å². The number of benzene rings is 2. The van der Waals surface area contributed by atoms with E-state index in [2.05, 4.69) is 10.0 Å². The van der Waals surface area contributed by atoms with Crippen LogP contribution >= 0.6 is 11.6 Å². The molecule has 19 heavy (non-hydrogen) atoms. The predicted octanol–water partition coefficient (Wildman–Crippen LogP) is 3.18. The molecule has 0 amide bonds. The van der Waals surface area contributed by atoms with E-state index in [-0.39, 0.29) is 4.90 Å². The zero-order chi connectivity index (χ0) is 13.9. The Kier molecular flexibility index (Phi) is 3.97. The van der Waals surface area contributed by atoms with Crippen LogP contribution in [-0.2, 0) is 10.0 Å². The summed E-state index contributed by atoms with van der Waals surface area (Å²) in [6, 6.07) is 13.4. The largest absolute Gasteiger partial charge is 0.387 e. The normalized spacial score (nSPS) is 11.1. The van der Waals surface area contributed by atoms with Gasteiger partial charge in [0.2, 0.25) is 0 Å². The van der Waals surface area contributed by atoms with Gasteiger partial charge < -0.3 is 5.32 Å². The molecule has 0 aliphatic carbocycles. The molecule has 2 aromatic carbocycles. The van der Waals surface area contributed by atoms with Crippen LogP contribution in [0.15, 0.2) is 53.4 Å². The van der Waals surface area contributed by atoms with Crippen molar-refractivity contribution >= 4 is 33.0 Å². The fraction of sp³-hybridized carbons (Fsp3) is 0.0769. The summed E-state index contributed by atoms with van der Waals surface area (Å²) in [5, 5.41) is 3.20. The van der Waals surface area contributed by atoms with Crippen molar-refractivity contribution in [2.24, 2.45) is 0 Å². The minimum atomic E-state index is -3.68. The van der Waals surface area contributed by atoms with E-state index < -0.39 is 10.0 Å². The molecule has 100 valence electrons. The van der Waals surface area contributed by atoms with Crippen LogP contribution in [-0.4, -0.2) is 15.5 Å². The van der Waals surface area contributed by atoms with E-state index in [1.807, 2.05) is 0 Å². The Labute approximate surface area is 117 Å². The highest BCUT2D eigenvalue weighted by Gasteiger charge is 2.18. The number of sulfonamides is 1. The van der Waals surface area contributed by atoms with Crippen molar-refractivity contribution in [2.45, 2.75) is 4.90 Å². The van der Waals surface area contributed by atoms with Gasteiger partial charge in [-0.15, -0.1) is 0 Å². The Hall–Kier alpha value is -1.72. The molecule has 0 bridgehead atoms. The van der Waals surface area contributed by atoms with E-state index in [9.17, 15) is 8.42 Å². The van der Waals surface area contributed by atoms with Gasteiger partial charge in [0.05, 0.1) is 16.4 Å². The summed E-state index contributed by atoms with van der Waals surface area (Å²) in [4.78, 5) is 0.178. The fourth-order valence-electron chi connectivity index (χ4n) is 1.65. The highest BCUT2D eigenvalue weighted by atomic mass is 35.5. The number of halogens is 1. The summed E-state index contributed by atoms with van der Waals surface area (Å²) in [5.74, 6) is 0. The molecule has 2 N–H and O–H groups in total. The first kappa shape index (κ1) is 13.7. The van der Waals surface area contributed by atoms with Crippen LogP contribution in [0, 0.1) is 0 Å². The van der Waals surface area contributed by atoms with Crippen LogP contribution < -0.4 is 10.0 Å². The lowest BCUT2D eigenvalue weighted by Gasteiger charge is -2.12. The van der Waals surface area contributed by atoms with Crippen LogP contribution in [0.4, 0.5) is 11.4 Å². The maximum Gasteiger partial charge on any atom is 0.263 e. The van der Waals surface area contributed by atoms with Gasteiger partial charge in [-0.3, -0.25) is 4.72 Å². The van der Waals surface area contributed by atoms with Crippen LogP contribution in [0.25, 0.3) is 0 Å². The SMILES string of the molecule is CNc1ccccc1S(=O)(=O)Nc1ccccc1Cl. The van der Waals surface area contributed by atoms with Crippen molar-refractivity contribution in [1.29, 1.82) is 0 Å². The standard InChI is InChI=1S/C13H13ClN2O2S/c1-15-12-8-4-5-9-13(12)19(17,18)16-11-7-3-2-6-10(11)14/h2-9,15-16H,1H3. The third kappa shape index (κ3) is 3.00. The quantitative estimate of drug-likeness (QED) is 0.911. The van der Waals surface area contributed by atoms with Gasteiger partial charge in [-0.25, -0.2) is 8.42 Å². The first-order chi connectivity index (χ1) is 9.04. The molecule has 0 heterocycles. The highest BCUT2D eigenvalue weighted by Crippen LogP contribution is 2.26. The van der Waals surface area contributed by atoms with Crippen molar-refractivity contribution in [3.05, 3.63) is 53.6 Å². The molecule has 0 spiro atoms. The number of anilines is 2. The minimum absolute atomic E-state index is 0.178. The Balaban J connectivity index is 2.41. The molecule has 6 heteroatoms. The topological polar surface area (TPSA) is 58.2 Å². The Morgan fingerprint density at radius 1 is 0.947 bits per heavy atom. The van der Waals surface area contributed by atoms with E-state index >= 15 is 0 Å². The summed E-state index contributed by atoms with van der Waals surface area (Å²) >= 11 is 5.95. The smallest absolute Gasteiger partial charge is 0.263 e. The second-order valence-corrected chi connectivity index (χ2v) is 5.89. The second kappa shape index (κ2) is 5.50. The van der Waals surface area contributed by atoms with Gasteiger partial charge in [0.25, 0.3) is 10.0 Å². The zero-order valence-corrected chi connectivity index (χ0v) is 11.8. The summed E-state index contributed by atoms with van der Waals surface area (Å²) < 4.78 is 27.1. The number of rotatable bonds is 4. The number of para-hydroxylation sites is 2. The summed E-state index contributed by atoms with van der Waals surface area (Å²) in [5.41, 5.74) is 0.886. The Morgan fingerprint density at radius 2 is 1.53 bits per heavy atom. The molecular formula is C13H13ClN2O2S. The van der Waals surface area contributed by atoms with Gasteiger partial charge in [-0.2, -0.15) is 0 Å². The van der Waals surface area contributed by atoms with Crippen LogP contribution in [0.5, 0.6) is 0 Å².